The van der Waals surface area contributed by atoms with Crippen molar-refractivity contribution in [3.8, 4) is 5.75 Å². The van der Waals surface area contributed by atoms with Gasteiger partial charge in [-0.3, -0.25) is 4.68 Å². The molecule has 0 spiro atoms. The number of benzene rings is 1. The van der Waals surface area contributed by atoms with Crippen molar-refractivity contribution in [1.29, 1.82) is 0 Å². The van der Waals surface area contributed by atoms with Crippen LogP contribution < -0.4 is 4.74 Å². The van der Waals surface area contributed by atoms with Crippen LogP contribution in [0, 0.1) is 0 Å². The highest BCUT2D eigenvalue weighted by atomic mass is 79.9. The van der Waals surface area contributed by atoms with Crippen molar-refractivity contribution in [2.75, 3.05) is 0 Å². The molecule has 114 valence electrons. The summed E-state index contributed by atoms with van der Waals surface area (Å²) < 4.78 is 8.88. The molecule has 1 aromatic heterocycles. The zero-order chi connectivity index (χ0) is 15.4. The zero-order valence-electron chi connectivity index (χ0n) is 12.6. The molecule has 1 aromatic carbocycles. The average molecular weight is 353 g/mol. The number of aliphatic hydroxyl groups excluding tert-OH is 1. The summed E-state index contributed by atoms with van der Waals surface area (Å²) in [5, 5.41) is 14.3. The molecule has 4 nitrogen and oxygen atoms in total. The van der Waals surface area contributed by atoms with Gasteiger partial charge in [0.05, 0.1) is 22.0 Å². The van der Waals surface area contributed by atoms with Crippen LogP contribution in [0.1, 0.15) is 43.8 Å². The van der Waals surface area contributed by atoms with Crippen LogP contribution in [0.25, 0.3) is 0 Å². The second kappa shape index (κ2) is 7.09. The Morgan fingerprint density at radius 1 is 1.33 bits per heavy atom. The summed E-state index contributed by atoms with van der Waals surface area (Å²) >= 11 is 3.61. The van der Waals surface area contributed by atoms with E-state index in [1.807, 2.05) is 28.9 Å². The molecule has 5 heteroatoms. The van der Waals surface area contributed by atoms with E-state index in [1.165, 1.54) is 0 Å². The first-order valence-electron chi connectivity index (χ1n) is 7.22. The third-order valence-electron chi connectivity index (χ3n) is 3.43. The van der Waals surface area contributed by atoms with Gasteiger partial charge in [-0.05, 0) is 42.3 Å². The number of hydrogen-bond donors (Lipinski definition) is 1. The summed E-state index contributed by atoms with van der Waals surface area (Å²) in [7, 11) is 0. The maximum Gasteiger partial charge on any atom is 0.131 e. The van der Waals surface area contributed by atoms with Crippen LogP contribution >= 0.6 is 15.9 Å². The highest BCUT2D eigenvalue weighted by Gasteiger charge is 2.15. The van der Waals surface area contributed by atoms with Crippen molar-refractivity contribution in [3.05, 3.63) is 45.7 Å². The lowest BCUT2D eigenvalue weighted by molar-refractivity contribution is 0.189. The predicted octanol–water partition coefficient (Wildman–Crippen LogP) is 3.86. The average Bonchev–Trinajstić information content (AvgIpc) is 2.80. The van der Waals surface area contributed by atoms with Crippen molar-refractivity contribution in [2.45, 2.75) is 46.4 Å². The van der Waals surface area contributed by atoms with E-state index >= 15 is 0 Å². The van der Waals surface area contributed by atoms with Crippen LogP contribution in [0.5, 0.6) is 5.75 Å². The topological polar surface area (TPSA) is 47.3 Å². The number of aliphatic hydroxyl groups is 1. The van der Waals surface area contributed by atoms with E-state index in [-0.39, 0.29) is 0 Å². The highest BCUT2D eigenvalue weighted by molar-refractivity contribution is 9.10. The van der Waals surface area contributed by atoms with Gasteiger partial charge in [-0.2, -0.15) is 5.10 Å². The molecule has 1 atom stereocenters. The fourth-order valence-electron chi connectivity index (χ4n) is 2.26. The minimum absolute atomic E-state index is 0.422. The molecule has 21 heavy (non-hydrogen) atoms. The molecule has 0 aliphatic heterocycles. The molecule has 2 aromatic rings. The lowest BCUT2D eigenvalue weighted by Gasteiger charge is -2.14. The molecule has 1 heterocycles. The molecular weight excluding hydrogens is 332 g/mol. The van der Waals surface area contributed by atoms with Gasteiger partial charge in [0.15, 0.2) is 0 Å². The Labute approximate surface area is 133 Å². The number of ether oxygens (including phenoxy) is 1. The Kier molecular flexibility index (Phi) is 5.42. The van der Waals surface area contributed by atoms with Crippen molar-refractivity contribution < 1.29 is 9.84 Å². The van der Waals surface area contributed by atoms with E-state index < -0.39 is 6.10 Å². The van der Waals surface area contributed by atoms with Crippen molar-refractivity contribution in [3.63, 3.8) is 0 Å². The summed E-state index contributed by atoms with van der Waals surface area (Å²) in [6, 6.07) is 7.56. The van der Waals surface area contributed by atoms with E-state index in [0.29, 0.717) is 12.4 Å². The molecule has 1 N–H and O–H groups in total. The summed E-state index contributed by atoms with van der Waals surface area (Å²) in [6.07, 6.45) is 0.331. The first-order chi connectivity index (χ1) is 10.1. The third-order valence-corrected chi connectivity index (χ3v) is 4.34. The van der Waals surface area contributed by atoms with Crippen LogP contribution in [0.15, 0.2) is 28.7 Å². The van der Waals surface area contributed by atoms with Crippen LogP contribution in [0.4, 0.5) is 0 Å². The second-order valence-corrected chi connectivity index (χ2v) is 5.67. The summed E-state index contributed by atoms with van der Waals surface area (Å²) in [5.74, 6) is 0.710. The fourth-order valence-corrected chi connectivity index (χ4v) is 2.94. The van der Waals surface area contributed by atoms with Gasteiger partial charge in [-0.1, -0.05) is 25.1 Å². The number of aromatic nitrogens is 2. The molecule has 2 rings (SSSR count). The van der Waals surface area contributed by atoms with E-state index in [4.69, 9.17) is 4.74 Å². The van der Waals surface area contributed by atoms with Crippen molar-refractivity contribution in [2.24, 2.45) is 0 Å². The van der Waals surface area contributed by atoms with Gasteiger partial charge >= 0.3 is 0 Å². The smallest absolute Gasteiger partial charge is 0.131 e. The SMILES string of the molecule is CCc1nn(CC)c(COc2ccccc2[C@H](C)O)c1Br. The maximum atomic E-state index is 9.79. The first kappa shape index (κ1) is 16.0. The lowest BCUT2D eigenvalue weighted by atomic mass is 10.1. The minimum Gasteiger partial charge on any atom is -0.487 e. The monoisotopic (exact) mass is 352 g/mol. The zero-order valence-corrected chi connectivity index (χ0v) is 14.2. The van der Waals surface area contributed by atoms with Gasteiger partial charge in [-0.15, -0.1) is 0 Å². The maximum absolute atomic E-state index is 9.79. The molecule has 0 aliphatic rings. The number of hydrogen-bond acceptors (Lipinski definition) is 3. The van der Waals surface area contributed by atoms with Gasteiger partial charge in [0.2, 0.25) is 0 Å². The molecule has 0 saturated carbocycles. The fraction of sp³-hybridized carbons (Fsp3) is 0.438. The number of aryl methyl sites for hydroxylation is 2. The quantitative estimate of drug-likeness (QED) is 0.858. The molecule has 0 radical (unpaired) electrons. The highest BCUT2D eigenvalue weighted by Crippen LogP contribution is 2.28. The lowest BCUT2D eigenvalue weighted by Crippen LogP contribution is -2.08. The summed E-state index contributed by atoms with van der Waals surface area (Å²) in [6.45, 7) is 7.11. The van der Waals surface area contributed by atoms with E-state index in [1.54, 1.807) is 6.92 Å². The Morgan fingerprint density at radius 3 is 2.67 bits per heavy atom. The largest absolute Gasteiger partial charge is 0.487 e. The standard InChI is InChI=1S/C16H21BrN2O2/c1-4-13-16(17)14(19(5-2)18-13)10-21-15-9-7-6-8-12(15)11(3)20/h6-9,11,20H,4-5,10H2,1-3H3/t11-/m0/s1. The van der Waals surface area contributed by atoms with Gasteiger partial charge in [-0.25, -0.2) is 0 Å². The Balaban J connectivity index is 2.23. The van der Waals surface area contributed by atoms with Crippen LogP contribution in [-0.2, 0) is 19.6 Å². The number of rotatable bonds is 6. The molecule has 0 unspecified atom stereocenters. The molecular formula is C16H21BrN2O2. The van der Waals surface area contributed by atoms with Crippen LogP contribution in [0.2, 0.25) is 0 Å². The van der Waals surface area contributed by atoms with Crippen molar-refractivity contribution in [1.82, 2.24) is 9.78 Å². The number of para-hydroxylation sites is 1. The van der Waals surface area contributed by atoms with E-state index in [2.05, 4.69) is 34.9 Å². The van der Waals surface area contributed by atoms with Gasteiger partial charge < -0.3 is 9.84 Å². The Bertz CT molecular complexity index is 608. The van der Waals surface area contributed by atoms with Crippen LogP contribution in [-0.4, -0.2) is 14.9 Å². The number of halogens is 1. The molecule has 0 bridgehead atoms. The molecule has 0 saturated heterocycles. The normalized spacial score (nSPS) is 12.4. The Hall–Kier alpha value is -1.33. The summed E-state index contributed by atoms with van der Waals surface area (Å²) in [4.78, 5) is 0. The first-order valence-corrected chi connectivity index (χ1v) is 8.01. The minimum atomic E-state index is -0.549. The molecule has 0 fully saturated rings. The van der Waals surface area contributed by atoms with Gasteiger partial charge in [0, 0.05) is 12.1 Å². The van der Waals surface area contributed by atoms with E-state index in [9.17, 15) is 5.11 Å². The predicted molar refractivity (Wildman–Crippen MR) is 86.4 cm³/mol. The van der Waals surface area contributed by atoms with Gasteiger partial charge in [0.25, 0.3) is 0 Å². The van der Waals surface area contributed by atoms with Crippen molar-refractivity contribution >= 4 is 15.9 Å². The van der Waals surface area contributed by atoms with Gasteiger partial charge in [0.1, 0.15) is 12.4 Å². The molecule has 0 aliphatic carbocycles. The second-order valence-electron chi connectivity index (χ2n) is 4.88. The van der Waals surface area contributed by atoms with E-state index in [0.717, 1.165) is 34.4 Å². The van der Waals surface area contributed by atoms with Crippen LogP contribution in [0.3, 0.4) is 0 Å². The molecule has 0 amide bonds. The Morgan fingerprint density at radius 2 is 2.05 bits per heavy atom. The third kappa shape index (κ3) is 3.47. The number of nitrogens with zero attached hydrogens (tertiary/aromatic N) is 2. The summed E-state index contributed by atoms with van der Waals surface area (Å²) in [5.41, 5.74) is 2.86.